The molecule has 0 amide bonds. The molecule has 0 aliphatic carbocycles. The quantitative estimate of drug-likeness (QED) is 0.740. The molecule has 0 heterocycles. The van der Waals surface area contributed by atoms with Gasteiger partial charge < -0.3 is 9.47 Å². The zero-order valence-corrected chi connectivity index (χ0v) is 10.8. The van der Waals surface area contributed by atoms with Gasteiger partial charge >= 0.3 is 0 Å². The van der Waals surface area contributed by atoms with Gasteiger partial charge in [-0.05, 0) is 13.0 Å². The highest BCUT2D eigenvalue weighted by atomic mass is 79.9. The highest BCUT2D eigenvalue weighted by molar-refractivity contribution is 9.08. The average molecular weight is 273 g/mol. The zero-order chi connectivity index (χ0) is 11.1. The summed E-state index contributed by atoms with van der Waals surface area (Å²) in [5.41, 5.74) is 1.18. The van der Waals surface area contributed by atoms with Gasteiger partial charge in [-0.1, -0.05) is 34.1 Å². The minimum atomic E-state index is 0.185. The average Bonchev–Trinajstić information content (AvgIpc) is 2.27. The molecule has 0 saturated carbocycles. The zero-order valence-electron chi connectivity index (χ0n) is 9.20. The van der Waals surface area contributed by atoms with E-state index in [-0.39, 0.29) is 6.10 Å². The van der Waals surface area contributed by atoms with E-state index in [4.69, 9.17) is 9.47 Å². The molecule has 84 valence electrons. The number of halogens is 1. The molecule has 0 N–H and O–H groups in total. The number of benzene rings is 1. The van der Waals surface area contributed by atoms with Crippen LogP contribution in [0.15, 0.2) is 24.3 Å². The maximum atomic E-state index is 5.83. The number of methoxy groups -OCH3 is 1. The predicted octanol–water partition coefficient (Wildman–Crippen LogP) is 3.39. The van der Waals surface area contributed by atoms with E-state index in [9.17, 15) is 0 Å². The normalized spacial score (nSPS) is 12.5. The maximum absolute atomic E-state index is 5.83. The Labute approximate surface area is 99.7 Å². The third kappa shape index (κ3) is 4.22. The molecule has 3 heteroatoms. The fourth-order valence-corrected chi connectivity index (χ4v) is 1.75. The van der Waals surface area contributed by atoms with Crippen molar-refractivity contribution in [2.24, 2.45) is 0 Å². The van der Waals surface area contributed by atoms with Gasteiger partial charge in [-0.25, -0.2) is 0 Å². The van der Waals surface area contributed by atoms with E-state index in [0.717, 1.165) is 24.1 Å². The second-order valence-corrected chi connectivity index (χ2v) is 4.01. The first-order valence-corrected chi connectivity index (χ1v) is 6.19. The van der Waals surface area contributed by atoms with Crippen LogP contribution in [-0.4, -0.2) is 19.8 Å². The summed E-state index contributed by atoms with van der Waals surface area (Å²) in [6.45, 7) is 2.79. The third-order valence-electron chi connectivity index (χ3n) is 2.17. The maximum Gasteiger partial charge on any atom is 0.123 e. The molecule has 1 aromatic rings. The van der Waals surface area contributed by atoms with Crippen molar-refractivity contribution >= 4 is 15.9 Å². The summed E-state index contributed by atoms with van der Waals surface area (Å²) in [6.07, 6.45) is 1.10. The summed E-state index contributed by atoms with van der Waals surface area (Å²) in [5.74, 6) is 0.956. The van der Waals surface area contributed by atoms with E-state index in [2.05, 4.69) is 28.9 Å². The van der Waals surface area contributed by atoms with Crippen molar-refractivity contribution < 1.29 is 9.47 Å². The first-order valence-electron chi connectivity index (χ1n) is 5.07. The largest absolute Gasteiger partial charge is 0.490 e. The van der Waals surface area contributed by atoms with E-state index in [1.165, 1.54) is 5.56 Å². The second-order valence-electron chi connectivity index (χ2n) is 3.45. The van der Waals surface area contributed by atoms with Crippen LogP contribution in [-0.2, 0) is 10.1 Å². The van der Waals surface area contributed by atoms with Crippen LogP contribution in [0.2, 0.25) is 0 Å². The van der Waals surface area contributed by atoms with Gasteiger partial charge in [0.1, 0.15) is 5.75 Å². The van der Waals surface area contributed by atoms with E-state index in [0.29, 0.717) is 0 Å². The van der Waals surface area contributed by atoms with Crippen LogP contribution < -0.4 is 4.74 Å². The van der Waals surface area contributed by atoms with Crippen molar-refractivity contribution in [3.05, 3.63) is 29.8 Å². The number of hydrogen-bond acceptors (Lipinski definition) is 2. The molecule has 0 aliphatic rings. The molecular formula is C12H17BrO2. The summed E-state index contributed by atoms with van der Waals surface area (Å²) in [4.78, 5) is 0. The van der Waals surface area contributed by atoms with Crippen LogP contribution in [0.1, 0.15) is 18.9 Å². The Morgan fingerprint density at radius 2 is 2.07 bits per heavy atom. The molecule has 0 saturated heterocycles. The lowest BCUT2D eigenvalue weighted by Gasteiger charge is -2.16. The summed E-state index contributed by atoms with van der Waals surface area (Å²) in [5, 5.41) is 0.820. The Hall–Kier alpha value is -0.540. The molecule has 0 bridgehead atoms. The van der Waals surface area contributed by atoms with Crippen LogP contribution in [0.25, 0.3) is 0 Å². The molecule has 1 aromatic carbocycles. The molecule has 1 unspecified atom stereocenters. The molecule has 1 atom stereocenters. The lowest BCUT2D eigenvalue weighted by atomic mass is 10.2. The smallest absolute Gasteiger partial charge is 0.123 e. The van der Waals surface area contributed by atoms with Crippen LogP contribution in [0.5, 0.6) is 5.75 Å². The Kier molecular flexibility index (Phi) is 5.73. The first kappa shape index (κ1) is 12.5. The fraction of sp³-hybridized carbons (Fsp3) is 0.500. The van der Waals surface area contributed by atoms with Gasteiger partial charge in [0.05, 0.1) is 6.10 Å². The standard InChI is InChI=1S/C12H17BrO2/c1-10(7-8-14-2)15-12-6-4-3-5-11(12)9-13/h3-6,10H,7-9H2,1-2H3. The van der Waals surface area contributed by atoms with Crippen LogP contribution in [0, 0.1) is 0 Å². The SMILES string of the molecule is COCCC(C)Oc1ccccc1CBr. The van der Waals surface area contributed by atoms with Gasteiger partial charge in [0.2, 0.25) is 0 Å². The van der Waals surface area contributed by atoms with Gasteiger partial charge in [0, 0.05) is 31.0 Å². The van der Waals surface area contributed by atoms with Crippen molar-refractivity contribution in [3.8, 4) is 5.75 Å². The molecule has 0 aromatic heterocycles. The van der Waals surface area contributed by atoms with E-state index in [1.54, 1.807) is 7.11 Å². The molecule has 0 radical (unpaired) electrons. The number of hydrogen-bond donors (Lipinski definition) is 0. The Morgan fingerprint density at radius 3 is 2.73 bits per heavy atom. The van der Waals surface area contributed by atoms with E-state index >= 15 is 0 Å². The lowest BCUT2D eigenvalue weighted by Crippen LogP contribution is -2.14. The van der Waals surface area contributed by atoms with Gasteiger partial charge in [-0.15, -0.1) is 0 Å². The molecule has 1 rings (SSSR count). The molecule has 0 spiro atoms. The first-order chi connectivity index (χ1) is 7.27. The van der Waals surface area contributed by atoms with Crippen LogP contribution >= 0.6 is 15.9 Å². The van der Waals surface area contributed by atoms with Gasteiger partial charge in [-0.2, -0.15) is 0 Å². The Bertz CT molecular complexity index is 289. The summed E-state index contributed by atoms with van der Waals surface area (Å²) in [6, 6.07) is 8.07. The van der Waals surface area contributed by atoms with Crippen molar-refractivity contribution in [1.82, 2.24) is 0 Å². The van der Waals surface area contributed by atoms with Crippen molar-refractivity contribution in [2.75, 3.05) is 13.7 Å². The molecule has 2 nitrogen and oxygen atoms in total. The minimum Gasteiger partial charge on any atom is -0.490 e. The van der Waals surface area contributed by atoms with Gasteiger partial charge in [0.25, 0.3) is 0 Å². The molecule has 0 fully saturated rings. The van der Waals surface area contributed by atoms with Gasteiger partial charge in [-0.3, -0.25) is 0 Å². The molecule has 15 heavy (non-hydrogen) atoms. The second kappa shape index (κ2) is 6.85. The number of para-hydroxylation sites is 1. The minimum absolute atomic E-state index is 0.185. The van der Waals surface area contributed by atoms with E-state index in [1.807, 2.05) is 18.2 Å². The highest BCUT2D eigenvalue weighted by Crippen LogP contribution is 2.22. The Morgan fingerprint density at radius 1 is 1.33 bits per heavy atom. The molecule has 0 aliphatic heterocycles. The van der Waals surface area contributed by atoms with Crippen molar-refractivity contribution in [1.29, 1.82) is 0 Å². The van der Waals surface area contributed by atoms with Gasteiger partial charge in [0.15, 0.2) is 0 Å². The third-order valence-corrected chi connectivity index (χ3v) is 2.78. The van der Waals surface area contributed by atoms with Crippen LogP contribution in [0.3, 0.4) is 0 Å². The monoisotopic (exact) mass is 272 g/mol. The number of ether oxygens (including phenoxy) is 2. The highest BCUT2D eigenvalue weighted by Gasteiger charge is 2.06. The topological polar surface area (TPSA) is 18.5 Å². The fourth-order valence-electron chi connectivity index (χ4n) is 1.29. The van der Waals surface area contributed by atoms with Crippen LogP contribution in [0.4, 0.5) is 0 Å². The molecular weight excluding hydrogens is 256 g/mol. The lowest BCUT2D eigenvalue weighted by molar-refractivity contribution is 0.134. The Balaban J connectivity index is 2.55. The van der Waals surface area contributed by atoms with E-state index < -0.39 is 0 Å². The summed E-state index contributed by atoms with van der Waals surface area (Å²) >= 11 is 3.45. The van der Waals surface area contributed by atoms with Crippen molar-refractivity contribution in [3.63, 3.8) is 0 Å². The summed E-state index contributed by atoms with van der Waals surface area (Å²) in [7, 11) is 1.71. The van der Waals surface area contributed by atoms with Crippen molar-refractivity contribution in [2.45, 2.75) is 24.8 Å². The summed E-state index contributed by atoms with van der Waals surface area (Å²) < 4.78 is 10.8. The number of alkyl halides is 1. The number of rotatable bonds is 6. The predicted molar refractivity (Wildman–Crippen MR) is 65.7 cm³/mol.